The number of carbonyl (C=O) groups is 1. The molecule has 0 aliphatic heterocycles. The van der Waals surface area contributed by atoms with Gasteiger partial charge in [-0.1, -0.05) is 38.3 Å². The van der Waals surface area contributed by atoms with Crippen molar-refractivity contribution in [2.45, 2.75) is 73.1 Å². The lowest BCUT2D eigenvalue weighted by molar-refractivity contribution is -0.127. The normalized spacial score (nSPS) is 32.9. The van der Waals surface area contributed by atoms with Gasteiger partial charge in [-0.2, -0.15) is 0 Å². The Labute approximate surface area is 113 Å². The van der Waals surface area contributed by atoms with E-state index < -0.39 is 0 Å². The summed E-state index contributed by atoms with van der Waals surface area (Å²) in [6.45, 7) is 11.0. The third kappa shape index (κ3) is 4.26. The van der Waals surface area contributed by atoms with Crippen molar-refractivity contribution < 1.29 is 4.79 Å². The molecule has 18 heavy (non-hydrogen) atoms. The molecule has 2 aliphatic carbocycles. The Morgan fingerprint density at radius 3 is 1.72 bits per heavy atom. The van der Waals surface area contributed by atoms with Crippen molar-refractivity contribution in [1.82, 2.24) is 0 Å². The van der Waals surface area contributed by atoms with Gasteiger partial charge in [0.1, 0.15) is 5.78 Å². The smallest absolute Gasteiger partial charge is 0.138 e. The fourth-order valence-corrected chi connectivity index (χ4v) is 3.01. The molecule has 0 radical (unpaired) electrons. The van der Waals surface area contributed by atoms with Crippen molar-refractivity contribution in [3.05, 3.63) is 11.1 Å². The maximum Gasteiger partial charge on any atom is 0.138 e. The van der Waals surface area contributed by atoms with Gasteiger partial charge in [-0.25, -0.2) is 0 Å². The van der Waals surface area contributed by atoms with Crippen LogP contribution in [0.3, 0.4) is 0 Å². The molecule has 104 valence electrons. The molecule has 0 N–H and O–H groups in total. The molecule has 2 rings (SSSR count). The van der Waals surface area contributed by atoms with E-state index in [0.29, 0.717) is 17.6 Å². The zero-order valence-electron chi connectivity index (χ0n) is 12.9. The summed E-state index contributed by atoms with van der Waals surface area (Å²) in [6.07, 6.45) is 7.63. The van der Waals surface area contributed by atoms with Gasteiger partial charge in [0.2, 0.25) is 0 Å². The molecule has 1 heteroatoms. The second-order valence-electron chi connectivity index (χ2n) is 6.39. The number of Topliss-reactive ketones (excluding diaryl/α,β-unsaturated/α-hetero) is 1. The van der Waals surface area contributed by atoms with Gasteiger partial charge in [-0.05, 0) is 51.9 Å². The highest BCUT2D eigenvalue weighted by Gasteiger charge is 2.23. The molecular formula is C17H30O. The number of rotatable bonds is 0. The van der Waals surface area contributed by atoms with E-state index in [4.69, 9.17) is 0 Å². The van der Waals surface area contributed by atoms with Gasteiger partial charge in [0.05, 0.1) is 0 Å². The van der Waals surface area contributed by atoms with E-state index >= 15 is 0 Å². The maximum atomic E-state index is 11.1. The Hall–Kier alpha value is -0.590. The highest BCUT2D eigenvalue weighted by Crippen LogP contribution is 2.28. The van der Waals surface area contributed by atoms with Crippen LogP contribution in [0.25, 0.3) is 0 Å². The van der Waals surface area contributed by atoms with Gasteiger partial charge < -0.3 is 0 Å². The number of ketones is 1. The molecule has 0 bridgehead atoms. The van der Waals surface area contributed by atoms with Crippen LogP contribution < -0.4 is 0 Å². The van der Waals surface area contributed by atoms with E-state index in [1.807, 2.05) is 13.8 Å². The van der Waals surface area contributed by atoms with Gasteiger partial charge in [0, 0.05) is 11.8 Å². The van der Waals surface area contributed by atoms with Crippen LogP contribution in [0.5, 0.6) is 0 Å². The third-order valence-electron chi connectivity index (χ3n) is 4.85. The second-order valence-corrected chi connectivity index (χ2v) is 6.39. The van der Waals surface area contributed by atoms with Crippen LogP contribution in [0, 0.1) is 17.8 Å². The lowest BCUT2D eigenvalue weighted by atomic mass is 9.82. The highest BCUT2D eigenvalue weighted by atomic mass is 16.1. The lowest BCUT2D eigenvalue weighted by Gasteiger charge is -2.21. The second kappa shape index (κ2) is 7.11. The number of hydrogen-bond acceptors (Lipinski definition) is 1. The molecule has 0 amide bonds. The number of carbonyl (C=O) groups excluding carboxylic acids is 1. The van der Waals surface area contributed by atoms with Crippen molar-refractivity contribution in [2.75, 3.05) is 0 Å². The van der Waals surface area contributed by atoms with Crippen LogP contribution in [0.15, 0.2) is 11.1 Å². The zero-order valence-corrected chi connectivity index (χ0v) is 12.9. The fourth-order valence-electron chi connectivity index (χ4n) is 3.01. The first-order chi connectivity index (χ1) is 8.43. The van der Waals surface area contributed by atoms with Crippen LogP contribution >= 0.6 is 0 Å². The summed E-state index contributed by atoms with van der Waals surface area (Å²) in [5, 5.41) is 0. The van der Waals surface area contributed by atoms with Gasteiger partial charge in [-0.15, -0.1) is 0 Å². The van der Waals surface area contributed by atoms with Gasteiger partial charge in [0.25, 0.3) is 0 Å². The molecule has 1 fully saturated rings. The Balaban J connectivity index is 0.000000180. The van der Waals surface area contributed by atoms with E-state index in [-0.39, 0.29) is 0 Å². The summed E-state index contributed by atoms with van der Waals surface area (Å²) < 4.78 is 0. The van der Waals surface area contributed by atoms with E-state index in [1.165, 1.54) is 25.7 Å². The fraction of sp³-hybridized carbons (Fsp3) is 0.824. The van der Waals surface area contributed by atoms with E-state index in [0.717, 1.165) is 18.8 Å². The Morgan fingerprint density at radius 1 is 0.833 bits per heavy atom. The first-order valence-corrected chi connectivity index (χ1v) is 7.63. The monoisotopic (exact) mass is 250 g/mol. The maximum absolute atomic E-state index is 11.1. The average Bonchev–Trinajstić information content (AvgIpc) is 2.34. The molecule has 1 saturated carbocycles. The zero-order chi connectivity index (χ0) is 13.7. The van der Waals surface area contributed by atoms with Crippen molar-refractivity contribution >= 4 is 5.78 Å². The summed E-state index contributed by atoms with van der Waals surface area (Å²) in [5.41, 5.74) is 3.27. The minimum absolute atomic E-state index is 0.341. The van der Waals surface area contributed by atoms with E-state index in [2.05, 4.69) is 20.8 Å². The Kier molecular flexibility index (Phi) is 6.11. The summed E-state index contributed by atoms with van der Waals surface area (Å²) in [4.78, 5) is 11.1. The molecule has 0 spiro atoms. The molecule has 3 atom stereocenters. The van der Waals surface area contributed by atoms with Crippen LogP contribution in [-0.4, -0.2) is 5.78 Å². The number of hydrogen-bond donors (Lipinski definition) is 0. The van der Waals surface area contributed by atoms with E-state index in [1.54, 1.807) is 11.1 Å². The molecule has 0 aromatic rings. The van der Waals surface area contributed by atoms with Crippen LogP contribution in [0.4, 0.5) is 0 Å². The molecule has 0 aromatic heterocycles. The molecule has 1 nitrogen and oxygen atoms in total. The molecular weight excluding hydrogens is 220 g/mol. The predicted octanol–water partition coefficient (Wildman–Crippen LogP) is 5.15. The summed E-state index contributed by atoms with van der Waals surface area (Å²) in [5.74, 6) is 2.02. The van der Waals surface area contributed by atoms with Crippen molar-refractivity contribution in [3.63, 3.8) is 0 Å². The quantitative estimate of drug-likeness (QED) is 0.543. The molecule has 0 saturated heterocycles. The summed E-state index contributed by atoms with van der Waals surface area (Å²) in [7, 11) is 0. The summed E-state index contributed by atoms with van der Waals surface area (Å²) in [6, 6.07) is 0. The van der Waals surface area contributed by atoms with Crippen LogP contribution in [0.2, 0.25) is 0 Å². The predicted molar refractivity (Wildman–Crippen MR) is 78.6 cm³/mol. The van der Waals surface area contributed by atoms with Crippen LogP contribution in [0.1, 0.15) is 73.1 Å². The number of allylic oxidation sites excluding steroid dienone is 2. The Morgan fingerprint density at radius 2 is 1.33 bits per heavy atom. The molecule has 0 heterocycles. The first kappa shape index (κ1) is 15.5. The minimum Gasteiger partial charge on any atom is -0.299 e. The SMILES string of the molecule is CC1=C(C)C(C)CCC1.CC1CCCC(C)C1=O. The van der Waals surface area contributed by atoms with Gasteiger partial charge >= 0.3 is 0 Å². The van der Waals surface area contributed by atoms with Crippen molar-refractivity contribution in [3.8, 4) is 0 Å². The lowest BCUT2D eigenvalue weighted by Crippen LogP contribution is -2.23. The summed E-state index contributed by atoms with van der Waals surface area (Å²) >= 11 is 0. The molecule has 0 aromatic carbocycles. The largest absolute Gasteiger partial charge is 0.299 e. The van der Waals surface area contributed by atoms with E-state index in [9.17, 15) is 4.79 Å². The molecule has 3 unspecified atom stereocenters. The Bertz CT molecular complexity index is 302. The van der Waals surface area contributed by atoms with Crippen molar-refractivity contribution in [2.24, 2.45) is 17.8 Å². The van der Waals surface area contributed by atoms with Crippen LogP contribution in [-0.2, 0) is 4.79 Å². The standard InChI is InChI=1S/C9H16.C8H14O/c1-7-5-4-6-8(2)9(7)3;1-6-4-3-5-7(2)8(6)9/h7H,4-6H2,1-3H3;6-7H,3-5H2,1-2H3. The minimum atomic E-state index is 0.341. The van der Waals surface area contributed by atoms with Gasteiger partial charge in [-0.3, -0.25) is 4.79 Å². The third-order valence-corrected chi connectivity index (χ3v) is 4.85. The average molecular weight is 250 g/mol. The first-order valence-electron chi connectivity index (χ1n) is 7.63. The molecule has 2 aliphatic rings. The van der Waals surface area contributed by atoms with Gasteiger partial charge in [0.15, 0.2) is 0 Å². The van der Waals surface area contributed by atoms with Crippen molar-refractivity contribution in [1.29, 1.82) is 0 Å². The topological polar surface area (TPSA) is 17.1 Å². The highest BCUT2D eigenvalue weighted by molar-refractivity contribution is 5.83.